The molecular weight excluding hydrogens is 946 g/mol. The van der Waals surface area contributed by atoms with E-state index >= 15 is 0 Å². The standard InChI is InChI=1S/C52H58N7O10PS/c1-52(2,71)14-13-47(61)54-25-48(62)55-26-49(63)56-35-16-30(28-68-45-22-38(34(27-60)20-43(45)66-3)57-50(64)42-19-33-10-6-8-12-41(33)59(42)70)15-31(17-35)29-69-46-23-39-37(21-44(46)67-4)51(65)58-36(24-53-39)18-32-9-5-7-11-40(32)58/h5-12,15-17,20-23,27,36,42,50,53,57,64,71H,13-14,18-19,24-26,28-29,70H2,1-4H3,(H,54,61)(H,55,62)(H,56,63)/t36?,42?,50-/m1/s1. The quantitative estimate of drug-likeness (QED) is 0.0199. The van der Waals surface area contributed by atoms with Crippen LogP contribution in [0.5, 0.6) is 23.0 Å². The highest BCUT2D eigenvalue weighted by atomic mass is 32.1. The van der Waals surface area contributed by atoms with Crippen molar-refractivity contribution in [3.05, 3.63) is 124 Å². The van der Waals surface area contributed by atoms with Crippen molar-refractivity contribution in [2.24, 2.45) is 0 Å². The number of aliphatic hydroxyl groups is 1. The summed E-state index contributed by atoms with van der Waals surface area (Å²) in [6.45, 7) is 3.58. The van der Waals surface area contributed by atoms with E-state index in [0.717, 1.165) is 28.9 Å². The van der Waals surface area contributed by atoms with Gasteiger partial charge in [-0.05, 0) is 93.4 Å². The lowest BCUT2D eigenvalue weighted by molar-refractivity contribution is -0.127. The van der Waals surface area contributed by atoms with E-state index in [1.807, 2.05) is 78.0 Å². The molecule has 0 aliphatic carbocycles. The van der Waals surface area contributed by atoms with Gasteiger partial charge in [0.2, 0.25) is 17.7 Å². The fraction of sp³-hybridized carbons (Fsp3) is 0.327. The predicted molar refractivity (Wildman–Crippen MR) is 278 cm³/mol. The van der Waals surface area contributed by atoms with Crippen LogP contribution in [0.15, 0.2) is 91.0 Å². The zero-order valence-corrected chi connectivity index (χ0v) is 41.9. The summed E-state index contributed by atoms with van der Waals surface area (Å²) in [5.74, 6) is -0.265. The Morgan fingerprint density at radius 1 is 0.831 bits per heavy atom. The molecule has 3 heterocycles. The number of hydrogen-bond donors (Lipinski definition) is 7. The summed E-state index contributed by atoms with van der Waals surface area (Å²) < 4.78 is 25.7. The maximum Gasteiger partial charge on any atom is 0.260 e. The molecule has 0 radical (unpaired) electrons. The van der Waals surface area contributed by atoms with Gasteiger partial charge in [-0.25, -0.2) is 0 Å². The fourth-order valence-electron chi connectivity index (χ4n) is 8.90. The molecule has 5 aromatic carbocycles. The number of aldehydes is 1. The number of aliphatic hydroxyl groups excluding tert-OH is 1. The molecule has 17 nitrogen and oxygen atoms in total. The average molecular weight is 1000 g/mol. The van der Waals surface area contributed by atoms with Gasteiger partial charge in [0.1, 0.15) is 19.4 Å². The molecule has 6 N–H and O–H groups in total. The van der Waals surface area contributed by atoms with E-state index in [4.69, 9.17) is 18.9 Å². The molecule has 5 aromatic rings. The molecule has 4 amide bonds. The van der Waals surface area contributed by atoms with Crippen molar-refractivity contribution in [2.45, 2.75) is 75.8 Å². The van der Waals surface area contributed by atoms with E-state index in [1.165, 1.54) is 20.3 Å². The number of ether oxygens (including phenoxy) is 4. The number of benzene rings is 5. The number of carbonyl (C=O) groups is 5. The zero-order valence-electron chi connectivity index (χ0n) is 39.9. The third kappa shape index (κ3) is 12.0. The minimum Gasteiger partial charge on any atom is -0.493 e. The normalized spacial score (nSPS) is 16.0. The highest BCUT2D eigenvalue weighted by molar-refractivity contribution is 7.81. The molecule has 8 rings (SSSR count). The van der Waals surface area contributed by atoms with Gasteiger partial charge in [0.25, 0.3) is 5.91 Å². The Labute approximate surface area is 420 Å². The lowest BCUT2D eigenvalue weighted by Crippen LogP contribution is -2.41. The van der Waals surface area contributed by atoms with Crippen molar-refractivity contribution in [1.82, 2.24) is 10.6 Å². The summed E-state index contributed by atoms with van der Waals surface area (Å²) in [5, 5.41) is 25.9. The second-order valence-electron chi connectivity index (χ2n) is 18.2. The van der Waals surface area contributed by atoms with Crippen LogP contribution in [-0.4, -0.2) is 91.9 Å². The van der Waals surface area contributed by atoms with E-state index in [1.54, 1.807) is 30.3 Å². The van der Waals surface area contributed by atoms with Gasteiger partial charge in [0, 0.05) is 52.5 Å². The van der Waals surface area contributed by atoms with Gasteiger partial charge < -0.3 is 60.2 Å². The topological polar surface area (TPSA) is 209 Å². The molecule has 0 saturated heterocycles. The Bertz CT molecular complexity index is 2840. The van der Waals surface area contributed by atoms with Crippen molar-refractivity contribution in [3.63, 3.8) is 0 Å². The number of para-hydroxylation sites is 2. The molecule has 19 heteroatoms. The summed E-state index contributed by atoms with van der Waals surface area (Å²) in [5.41, 5.74) is 7.27. The predicted octanol–water partition coefficient (Wildman–Crippen LogP) is 6.28. The van der Waals surface area contributed by atoms with Crippen LogP contribution in [0.2, 0.25) is 0 Å². The Kier molecular flexibility index (Phi) is 15.6. The first-order valence-electron chi connectivity index (χ1n) is 23.2. The number of methoxy groups -OCH3 is 2. The zero-order chi connectivity index (χ0) is 50.4. The van der Waals surface area contributed by atoms with Crippen LogP contribution in [-0.2, 0) is 40.4 Å². The highest BCUT2D eigenvalue weighted by Gasteiger charge is 2.38. The SMILES string of the molecule is COc1cc(C=O)c(N[C@H](O)C2Cc3ccccc3N2P)cc1OCc1cc(COc2cc3c(cc2OC)C(=O)N2c4ccccc4CC2CN3)cc(NC(=O)CNC(=O)CNC(=O)CCC(C)(C)S)c1. The van der Waals surface area contributed by atoms with Crippen LogP contribution in [0.3, 0.4) is 0 Å². The second kappa shape index (κ2) is 22.0. The van der Waals surface area contributed by atoms with E-state index in [2.05, 4.69) is 48.6 Å². The van der Waals surface area contributed by atoms with Crippen LogP contribution in [0, 0.1) is 0 Å². The summed E-state index contributed by atoms with van der Waals surface area (Å²) in [6.07, 6.45) is 1.62. The molecule has 3 aliphatic heterocycles. The first-order valence-corrected chi connectivity index (χ1v) is 24.1. The molecular formula is C52H58N7O10PS. The number of amides is 4. The van der Waals surface area contributed by atoms with E-state index in [-0.39, 0.29) is 78.4 Å². The highest BCUT2D eigenvalue weighted by Crippen LogP contribution is 2.42. The number of nitrogens with one attached hydrogen (secondary N) is 5. The average Bonchev–Trinajstić information content (AvgIpc) is 3.87. The van der Waals surface area contributed by atoms with Crippen LogP contribution in [0.25, 0.3) is 0 Å². The largest absolute Gasteiger partial charge is 0.493 e. The van der Waals surface area contributed by atoms with Crippen LogP contribution in [0.1, 0.15) is 69.7 Å². The van der Waals surface area contributed by atoms with E-state index < -0.39 is 18.0 Å². The molecule has 0 spiro atoms. The maximum absolute atomic E-state index is 14.1. The molecule has 3 unspecified atom stereocenters. The smallest absolute Gasteiger partial charge is 0.260 e. The number of anilines is 5. The number of carbonyl (C=O) groups excluding carboxylic acids is 5. The molecule has 71 heavy (non-hydrogen) atoms. The number of thiol groups is 1. The monoisotopic (exact) mass is 1000 g/mol. The Hall–Kier alpha value is -7.01. The third-order valence-corrected chi connectivity index (χ3v) is 13.4. The maximum atomic E-state index is 14.1. The van der Waals surface area contributed by atoms with Gasteiger partial charge in [-0.15, -0.1) is 0 Å². The van der Waals surface area contributed by atoms with Crippen LogP contribution < -0.4 is 55.1 Å². The lowest BCUT2D eigenvalue weighted by atomic mass is 10.1. The van der Waals surface area contributed by atoms with Crippen molar-refractivity contribution >= 4 is 80.4 Å². The number of hydrogen-bond acceptors (Lipinski definition) is 14. The first kappa shape index (κ1) is 50.4. The molecule has 4 atom stereocenters. The molecule has 372 valence electrons. The first-order chi connectivity index (χ1) is 34.1. The fourth-order valence-corrected chi connectivity index (χ4v) is 9.53. The van der Waals surface area contributed by atoms with Gasteiger partial charge >= 0.3 is 0 Å². The Morgan fingerprint density at radius 2 is 1.45 bits per heavy atom. The Balaban J connectivity index is 1.00. The lowest BCUT2D eigenvalue weighted by Gasteiger charge is -2.28. The number of nitrogens with zero attached hydrogens (tertiary/aromatic N) is 2. The van der Waals surface area contributed by atoms with Gasteiger partial charge in [-0.3, -0.25) is 24.0 Å². The third-order valence-electron chi connectivity index (χ3n) is 12.5. The van der Waals surface area contributed by atoms with Gasteiger partial charge in [-0.2, -0.15) is 12.6 Å². The molecule has 0 aromatic heterocycles. The van der Waals surface area contributed by atoms with Gasteiger partial charge in [-0.1, -0.05) is 50.2 Å². The molecule has 0 fully saturated rings. The van der Waals surface area contributed by atoms with Gasteiger partial charge in [0.15, 0.2) is 29.3 Å². The van der Waals surface area contributed by atoms with Crippen molar-refractivity contribution in [1.29, 1.82) is 0 Å². The van der Waals surface area contributed by atoms with E-state index in [0.29, 0.717) is 70.9 Å². The summed E-state index contributed by atoms with van der Waals surface area (Å²) in [6, 6.07) is 27.2. The molecule has 3 aliphatic rings. The van der Waals surface area contributed by atoms with E-state index in [9.17, 15) is 29.1 Å². The van der Waals surface area contributed by atoms with Crippen molar-refractivity contribution in [3.8, 4) is 23.0 Å². The van der Waals surface area contributed by atoms with Gasteiger partial charge in [0.05, 0.1) is 56.3 Å². The summed E-state index contributed by atoms with van der Waals surface area (Å²) in [4.78, 5) is 66.4. The molecule has 0 bridgehead atoms. The number of rotatable bonds is 20. The van der Waals surface area contributed by atoms with Crippen LogP contribution >= 0.6 is 22.0 Å². The Morgan fingerprint density at radius 3 is 2.11 bits per heavy atom. The van der Waals surface area contributed by atoms with Crippen molar-refractivity contribution < 1.29 is 48.0 Å². The summed E-state index contributed by atoms with van der Waals surface area (Å²) >= 11 is 4.44. The summed E-state index contributed by atoms with van der Waals surface area (Å²) in [7, 11) is 5.62. The second-order valence-corrected chi connectivity index (χ2v) is 20.0. The van der Waals surface area contributed by atoms with Crippen molar-refractivity contribution in [2.75, 3.05) is 59.4 Å². The van der Waals surface area contributed by atoms with Crippen LogP contribution in [0.4, 0.5) is 28.4 Å². The minimum absolute atomic E-state index is 0.0101. The molecule has 0 saturated carbocycles. The minimum atomic E-state index is -1.08. The number of fused-ring (bicyclic) bond motifs is 5.